The Labute approximate surface area is 189 Å². The molecule has 158 valence electrons. The van der Waals surface area contributed by atoms with Crippen molar-refractivity contribution >= 4 is 45.4 Å². The molecule has 5 nitrogen and oxygen atoms in total. The number of halogens is 1. The van der Waals surface area contributed by atoms with E-state index in [1.54, 1.807) is 18.9 Å². The van der Waals surface area contributed by atoms with Gasteiger partial charge in [-0.05, 0) is 48.7 Å². The second-order valence-corrected chi connectivity index (χ2v) is 9.31. The molecule has 2 fully saturated rings. The van der Waals surface area contributed by atoms with Gasteiger partial charge in [-0.15, -0.1) is 0 Å². The van der Waals surface area contributed by atoms with Crippen molar-refractivity contribution in [2.75, 3.05) is 18.6 Å². The van der Waals surface area contributed by atoms with Crippen molar-refractivity contribution in [3.63, 3.8) is 0 Å². The number of hydrogen-bond donors (Lipinski definition) is 0. The van der Waals surface area contributed by atoms with Gasteiger partial charge in [0.25, 0.3) is 0 Å². The molecular weight excluding hydrogens is 458 g/mol. The van der Waals surface area contributed by atoms with Crippen molar-refractivity contribution in [2.24, 2.45) is 17.8 Å². The van der Waals surface area contributed by atoms with E-state index >= 15 is 0 Å². The second kappa shape index (κ2) is 7.16. The van der Waals surface area contributed by atoms with Gasteiger partial charge in [-0.2, -0.15) is 0 Å². The largest absolute Gasteiger partial charge is 0.466 e. The Hall–Kier alpha value is -2.73. The third-order valence-electron chi connectivity index (χ3n) is 7.02. The predicted molar refractivity (Wildman–Crippen MR) is 120 cm³/mol. The minimum absolute atomic E-state index is 0.0450. The summed E-state index contributed by atoms with van der Waals surface area (Å²) in [6.07, 6.45) is 2.37. The van der Waals surface area contributed by atoms with Gasteiger partial charge in [0.1, 0.15) is 0 Å². The quantitative estimate of drug-likeness (QED) is 0.490. The van der Waals surface area contributed by atoms with Crippen LogP contribution < -0.4 is 4.90 Å². The van der Waals surface area contributed by atoms with Gasteiger partial charge in [-0.25, -0.2) is 0 Å². The second-order valence-electron chi connectivity index (χ2n) is 8.39. The van der Waals surface area contributed by atoms with E-state index in [1.165, 1.54) is 0 Å². The lowest BCUT2D eigenvalue weighted by molar-refractivity contribution is -0.156. The highest BCUT2D eigenvalue weighted by Gasteiger charge is 2.73. The molecule has 1 amide bonds. The molecule has 0 saturated heterocycles. The van der Waals surface area contributed by atoms with Crippen LogP contribution in [0.2, 0.25) is 0 Å². The number of allylic oxidation sites excluding steroid dienone is 1. The molecule has 0 radical (unpaired) electrons. The molecule has 3 aliphatic rings. The first-order valence-electron chi connectivity index (χ1n) is 10.5. The van der Waals surface area contributed by atoms with Gasteiger partial charge < -0.3 is 9.64 Å². The van der Waals surface area contributed by atoms with E-state index in [0.717, 1.165) is 21.3 Å². The summed E-state index contributed by atoms with van der Waals surface area (Å²) in [5.74, 6) is -2.39. The molecule has 0 unspecified atom stereocenters. The van der Waals surface area contributed by atoms with E-state index in [2.05, 4.69) is 15.9 Å². The van der Waals surface area contributed by atoms with E-state index in [1.807, 2.05) is 54.6 Å². The van der Waals surface area contributed by atoms with Crippen molar-refractivity contribution < 1.29 is 19.1 Å². The molecule has 5 rings (SSSR count). The van der Waals surface area contributed by atoms with Crippen molar-refractivity contribution in [3.8, 4) is 0 Å². The molecule has 1 spiro atoms. The number of Topliss-reactive ketones (excluding diaryl/α,β-unsaturated/α-hetero) is 1. The molecule has 2 aliphatic carbocycles. The maximum atomic E-state index is 13.9. The molecule has 2 aromatic rings. The summed E-state index contributed by atoms with van der Waals surface area (Å²) in [6, 6.07) is 15.3. The SMILES string of the molecule is CCOC(=O)[C@@H]1[C@@H]2C[C@@H](/C(=C\c3ccccc3)C2=O)[C@@]12C(=O)N(C)c1ccc(Br)cc12. The molecule has 2 saturated carbocycles. The number of amides is 1. The number of anilines is 1. The highest BCUT2D eigenvalue weighted by Crippen LogP contribution is 2.66. The number of carbonyl (C=O) groups excluding carboxylic acids is 3. The van der Waals surface area contributed by atoms with E-state index in [0.29, 0.717) is 12.0 Å². The molecular formula is C25H22BrNO4. The third-order valence-corrected chi connectivity index (χ3v) is 7.51. The first-order valence-corrected chi connectivity index (χ1v) is 11.3. The fourth-order valence-electron chi connectivity index (χ4n) is 5.88. The van der Waals surface area contributed by atoms with E-state index in [4.69, 9.17) is 4.74 Å². The Morgan fingerprint density at radius 1 is 1.23 bits per heavy atom. The average Bonchev–Trinajstić information content (AvgIpc) is 3.34. The molecule has 2 bridgehead atoms. The molecule has 6 heteroatoms. The van der Waals surface area contributed by atoms with Gasteiger partial charge >= 0.3 is 5.97 Å². The predicted octanol–water partition coefficient (Wildman–Crippen LogP) is 4.15. The molecule has 1 aliphatic heterocycles. The number of ether oxygens (including phenoxy) is 1. The van der Waals surface area contributed by atoms with Crippen molar-refractivity contribution in [3.05, 3.63) is 69.7 Å². The van der Waals surface area contributed by atoms with Gasteiger partial charge in [0.15, 0.2) is 5.78 Å². The summed E-state index contributed by atoms with van der Waals surface area (Å²) in [5, 5.41) is 0. The third kappa shape index (κ3) is 2.64. The fraction of sp³-hybridized carbons (Fsp3) is 0.320. The van der Waals surface area contributed by atoms with Crippen molar-refractivity contribution in [1.82, 2.24) is 0 Å². The lowest BCUT2D eigenvalue weighted by Crippen LogP contribution is -2.54. The first-order chi connectivity index (χ1) is 14.9. The fourth-order valence-corrected chi connectivity index (χ4v) is 6.24. The van der Waals surface area contributed by atoms with Crippen LogP contribution in [0.15, 0.2) is 58.6 Å². The van der Waals surface area contributed by atoms with Crippen LogP contribution in [0.4, 0.5) is 5.69 Å². The number of fused-ring (bicyclic) bond motifs is 5. The maximum absolute atomic E-state index is 13.9. The van der Waals surface area contributed by atoms with Crippen LogP contribution in [0, 0.1) is 17.8 Å². The van der Waals surface area contributed by atoms with E-state index in [9.17, 15) is 14.4 Å². The smallest absolute Gasteiger partial charge is 0.311 e. The van der Waals surface area contributed by atoms with Gasteiger partial charge in [-0.3, -0.25) is 14.4 Å². The lowest BCUT2D eigenvalue weighted by Gasteiger charge is -2.39. The number of likely N-dealkylation sites (N-methyl/N-ethyl adjacent to an activating group) is 1. The normalized spacial score (nSPS) is 29.8. The number of esters is 1. The Morgan fingerprint density at radius 2 is 1.97 bits per heavy atom. The summed E-state index contributed by atoms with van der Waals surface area (Å²) in [7, 11) is 1.74. The summed E-state index contributed by atoms with van der Waals surface area (Å²) in [5.41, 5.74) is 1.99. The van der Waals surface area contributed by atoms with Gasteiger partial charge in [0, 0.05) is 34.6 Å². The summed E-state index contributed by atoms with van der Waals surface area (Å²) in [4.78, 5) is 42.1. The lowest BCUT2D eigenvalue weighted by atomic mass is 9.60. The summed E-state index contributed by atoms with van der Waals surface area (Å²) >= 11 is 3.53. The highest BCUT2D eigenvalue weighted by molar-refractivity contribution is 9.10. The summed E-state index contributed by atoms with van der Waals surface area (Å²) in [6.45, 7) is 1.95. The maximum Gasteiger partial charge on any atom is 0.311 e. The van der Waals surface area contributed by atoms with E-state index < -0.39 is 23.2 Å². The highest BCUT2D eigenvalue weighted by atomic mass is 79.9. The molecule has 2 aromatic carbocycles. The Bertz CT molecular complexity index is 1140. The number of hydrogen-bond acceptors (Lipinski definition) is 4. The topological polar surface area (TPSA) is 63.7 Å². The van der Waals surface area contributed by atoms with Crippen LogP contribution in [-0.4, -0.2) is 31.3 Å². The van der Waals surface area contributed by atoms with E-state index in [-0.39, 0.29) is 24.2 Å². The number of benzene rings is 2. The monoisotopic (exact) mass is 479 g/mol. The first kappa shape index (κ1) is 20.2. The number of ketones is 1. The van der Waals surface area contributed by atoms with Crippen LogP contribution in [0.25, 0.3) is 6.08 Å². The van der Waals surface area contributed by atoms with Gasteiger partial charge in [0.2, 0.25) is 5.91 Å². The Balaban J connectivity index is 1.75. The number of carbonyl (C=O) groups is 3. The average molecular weight is 480 g/mol. The Morgan fingerprint density at radius 3 is 2.68 bits per heavy atom. The van der Waals surface area contributed by atoms with Crippen LogP contribution in [0.3, 0.4) is 0 Å². The minimum atomic E-state index is -1.13. The van der Waals surface area contributed by atoms with Gasteiger partial charge in [-0.1, -0.05) is 46.3 Å². The summed E-state index contributed by atoms with van der Waals surface area (Å²) < 4.78 is 6.24. The number of nitrogens with zero attached hydrogens (tertiary/aromatic N) is 1. The Kier molecular flexibility index (Phi) is 4.66. The molecule has 4 atom stereocenters. The molecule has 0 aromatic heterocycles. The zero-order chi connectivity index (χ0) is 21.9. The molecule has 0 N–H and O–H groups in total. The van der Waals surface area contributed by atoms with Crippen LogP contribution in [0.1, 0.15) is 24.5 Å². The minimum Gasteiger partial charge on any atom is -0.466 e. The van der Waals surface area contributed by atoms with Crippen LogP contribution in [0.5, 0.6) is 0 Å². The van der Waals surface area contributed by atoms with Crippen LogP contribution >= 0.6 is 15.9 Å². The molecule has 31 heavy (non-hydrogen) atoms. The standard InChI is InChI=1S/C25H22BrNO4/c1-3-31-23(29)21-17-13-18(16(22(17)28)11-14-7-5-4-6-8-14)25(21)19-12-15(26)9-10-20(19)27(2)24(25)30/h4-12,17-18,21H,3,13H2,1-2H3/b16-11+/t17-,18-,21-,25-/m0/s1. The zero-order valence-electron chi connectivity index (χ0n) is 17.3. The van der Waals surface area contributed by atoms with Crippen molar-refractivity contribution in [1.29, 1.82) is 0 Å². The zero-order valence-corrected chi connectivity index (χ0v) is 18.9. The van der Waals surface area contributed by atoms with Crippen molar-refractivity contribution in [2.45, 2.75) is 18.8 Å². The molecule has 1 heterocycles. The van der Waals surface area contributed by atoms with Gasteiger partial charge in [0.05, 0.1) is 17.9 Å². The van der Waals surface area contributed by atoms with Crippen LogP contribution in [-0.2, 0) is 24.5 Å². The number of rotatable bonds is 3.